The minimum absolute atomic E-state index is 0.206. The zero-order valence-corrected chi connectivity index (χ0v) is 14.8. The van der Waals surface area contributed by atoms with Gasteiger partial charge in [0.05, 0.1) is 6.10 Å². The summed E-state index contributed by atoms with van der Waals surface area (Å²) >= 11 is 0. The average Bonchev–Trinajstić information content (AvgIpc) is 2.77. The molecule has 3 saturated carbocycles. The topological polar surface area (TPSA) is 37.3 Å². The highest BCUT2D eigenvalue weighted by Crippen LogP contribution is 2.66. The molecule has 0 aliphatic heterocycles. The summed E-state index contributed by atoms with van der Waals surface area (Å²) in [6, 6.07) is 0. The van der Waals surface area contributed by atoms with Crippen molar-refractivity contribution in [1.29, 1.82) is 0 Å². The molecule has 2 nitrogen and oxygen atoms in total. The Kier molecular flexibility index (Phi) is 3.43. The summed E-state index contributed by atoms with van der Waals surface area (Å²) in [6.45, 7) is 6.91. The summed E-state index contributed by atoms with van der Waals surface area (Å²) in [5, 5.41) is 10.6. The van der Waals surface area contributed by atoms with E-state index < -0.39 is 0 Å². The average molecular weight is 314 g/mol. The van der Waals surface area contributed by atoms with E-state index in [4.69, 9.17) is 0 Å². The van der Waals surface area contributed by atoms with Gasteiger partial charge in [-0.1, -0.05) is 25.5 Å². The molecule has 4 aliphatic rings. The van der Waals surface area contributed by atoms with Crippen LogP contribution in [0.1, 0.15) is 65.7 Å². The van der Waals surface area contributed by atoms with Crippen LogP contribution in [0, 0.1) is 28.6 Å². The lowest BCUT2D eigenvalue weighted by Crippen LogP contribution is -2.49. The summed E-state index contributed by atoms with van der Waals surface area (Å²) in [5.41, 5.74) is 3.17. The first-order valence-electron chi connectivity index (χ1n) is 9.49. The lowest BCUT2D eigenvalue weighted by Gasteiger charge is -2.57. The Hall–Kier alpha value is -0.890. The van der Waals surface area contributed by atoms with E-state index in [2.05, 4.69) is 26.8 Å². The quantitative estimate of drug-likeness (QED) is 0.671. The third kappa shape index (κ3) is 2.00. The van der Waals surface area contributed by atoms with Crippen LogP contribution in [0.3, 0.4) is 0 Å². The zero-order chi connectivity index (χ0) is 16.4. The Morgan fingerprint density at radius 1 is 1.13 bits per heavy atom. The van der Waals surface area contributed by atoms with Gasteiger partial charge in [-0.2, -0.15) is 0 Å². The van der Waals surface area contributed by atoms with E-state index in [0.717, 1.165) is 31.6 Å². The molecule has 0 bridgehead atoms. The molecular formula is C21H30O2. The smallest absolute Gasteiger partial charge is 0.155 e. The van der Waals surface area contributed by atoms with Gasteiger partial charge in [0.15, 0.2) is 5.78 Å². The van der Waals surface area contributed by atoms with Crippen molar-refractivity contribution in [1.82, 2.24) is 0 Å². The first-order chi connectivity index (χ1) is 10.9. The number of hydrogen-bond acceptors (Lipinski definition) is 2. The molecule has 0 aromatic rings. The number of carbonyl (C=O) groups is 1. The standard InChI is InChI=1S/C21H30O2/c1-4-16-19(23)12-18-15-6-5-13-11-14(22)7-9-20(13,2)17(15)8-10-21(16,18)3/h4,11,15,17-19,23H,5-10,12H2,1-3H3/b16-4-/t15-,17+,18+,19-,20+,21-/m1/s1. The van der Waals surface area contributed by atoms with E-state index in [9.17, 15) is 9.90 Å². The summed E-state index contributed by atoms with van der Waals surface area (Å²) in [7, 11) is 0. The number of aliphatic hydroxyl groups excluding tert-OH is 1. The molecule has 0 heterocycles. The lowest BCUT2D eigenvalue weighted by atomic mass is 9.47. The van der Waals surface area contributed by atoms with Crippen LogP contribution in [0.15, 0.2) is 23.3 Å². The molecule has 2 heteroatoms. The number of ketones is 1. The molecule has 0 saturated heterocycles. The van der Waals surface area contributed by atoms with Gasteiger partial charge in [0, 0.05) is 6.42 Å². The van der Waals surface area contributed by atoms with Crippen molar-refractivity contribution in [3.8, 4) is 0 Å². The van der Waals surface area contributed by atoms with Crippen LogP contribution < -0.4 is 0 Å². The van der Waals surface area contributed by atoms with Gasteiger partial charge in [0.1, 0.15) is 0 Å². The Morgan fingerprint density at radius 3 is 2.65 bits per heavy atom. The lowest BCUT2D eigenvalue weighted by molar-refractivity contribution is -0.117. The minimum Gasteiger partial charge on any atom is -0.389 e. The van der Waals surface area contributed by atoms with Gasteiger partial charge in [-0.25, -0.2) is 0 Å². The van der Waals surface area contributed by atoms with Crippen LogP contribution in [0.2, 0.25) is 0 Å². The van der Waals surface area contributed by atoms with Gasteiger partial charge in [0.25, 0.3) is 0 Å². The van der Waals surface area contributed by atoms with Crippen molar-refractivity contribution in [2.45, 2.75) is 71.8 Å². The molecular weight excluding hydrogens is 284 g/mol. The summed E-state index contributed by atoms with van der Waals surface area (Å²) in [5.74, 6) is 2.39. The fourth-order valence-electron chi connectivity index (χ4n) is 6.94. The first-order valence-corrected chi connectivity index (χ1v) is 9.49. The Labute approximate surface area is 140 Å². The van der Waals surface area contributed by atoms with E-state index in [1.54, 1.807) is 0 Å². The molecule has 1 N–H and O–H groups in total. The summed E-state index contributed by atoms with van der Waals surface area (Å²) in [4.78, 5) is 11.9. The number of allylic oxidation sites excluding steroid dienone is 2. The summed E-state index contributed by atoms with van der Waals surface area (Å²) in [6.07, 6.45) is 11.4. The van der Waals surface area contributed by atoms with E-state index >= 15 is 0 Å². The zero-order valence-electron chi connectivity index (χ0n) is 14.8. The molecule has 0 aromatic carbocycles. The number of rotatable bonds is 0. The third-order valence-corrected chi connectivity index (χ3v) is 8.16. The Morgan fingerprint density at radius 2 is 1.91 bits per heavy atom. The van der Waals surface area contributed by atoms with Gasteiger partial charge in [0.2, 0.25) is 0 Å². The highest BCUT2D eigenvalue weighted by atomic mass is 16.3. The number of aliphatic hydroxyl groups is 1. The highest BCUT2D eigenvalue weighted by molar-refractivity contribution is 5.91. The SMILES string of the molecule is C/C=C1/[C@H](O)C[C@H]2[C@@H]3CCC4=CC(=O)CC[C@]4(C)[C@H]3CC[C@]12C. The van der Waals surface area contributed by atoms with Gasteiger partial charge in [-0.3, -0.25) is 4.79 Å². The second kappa shape index (κ2) is 5.05. The van der Waals surface area contributed by atoms with E-state index in [1.807, 2.05) is 6.08 Å². The van der Waals surface area contributed by atoms with Crippen molar-refractivity contribution in [3.05, 3.63) is 23.3 Å². The second-order valence-electron chi connectivity index (χ2n) is 8.92. The van der Waals surface area contributed by atoms with Gasteiger partial charge >= 0.3 is 0 Å². The van der Waals surface area contributed by atoms with Crippen molar-refractivity contribution < 1.29 is 9.90 Å². The molecule has 0 radical (unpaired) electrons. The van der Waals surface area contributed by atoms with Crippen LogP contribution in [-0.4, -0.2) is 17.0 Å². The van der Waals surface area contributed by atoms with Crippen molar-refractivity contribution >= 4 is 5.78 Å². The molecule has 6 atom stereocenters. The monoisotopic (exact) mass is 314 g/mol. The number of fused-ring (bicyclic) bond motifs is 5. The van der Waals surface area contributed by atoms with E-state index in [-0.39, 0.29) is 16.9 Å². The van der Waals surface area contributed by atoms with Crippen LogP contribution in [0.4, 0.5) is 0 Å². The van der Waals surface area contributed by atoms with Crippen LogP contribution >= 0.6 is 0 Å². The first kappa shape index (κ1) is 15.6. The molecule has 0 aromatic heterocycles. The molecule has 0 spiro atoms. The largest absolute Gasteiger partial charge is 0.389 e. The second-order valence-corrected chi connectivity index (χ2v) is 8.92. The molecule has 0 unspecified atom stereocenters. The van der Waals surface area contributed by atoms with Gasteiger partial charge in [-0.05, 0) is 85.7 Å². The van der Waals surface area contributed by atoms with Crippen molar-refractivity contribution in [3.63, 3.8) is 0 Å². The van der Waals surface area contributed by atoms with E-state index in [0.29, 0.717) is 17.6 Å². The Balaban J connectivity index is 1.71. The molecule has 126 valence electrons. The van der Waals surface area contributed by atoms with Gasteiger partial charge in [-0.15, -0.1) is 0 Å². The molecule has 3 fully saturated rings. The fourth-order valence-corrected chi connectivity index (χ4v) is 6.94. The predicted octanol–water partition coefficient (Wildman–Crippen LogP) is 4.44. The number of hydrogen-bond donors (Lipinski definition) is 1. The van der Waals surface area contributed by atoms with Crippen LogP contribution in [0.25, 0.3) is 0 Å². The van der Waals surface area contributed by atoms with E-state index in [1.165, 1.54) is 30.4 Å². The highest BCUT2D eigenvalue weighted by Gasteiger charge is 2.59. The summed E-state index contributed by atoms with van der Waals surface area (Å²) < 4.78 is 0. The molecule has 0 amide bonds. The Bertz CT molecular complexity index is 601. The van der Waals surface area contributed by atoms with Crippen LogP contribution in [0.5, 0.6) is 0 Å². The molecule has 4 aliphatic carbocycles. The van der Waals surface area contributed by atoms with Crippen LogP contribution in [-0.2, 0) is 4.79 Å². The third-order valence-electron chi connectivity index (χ3n) is 8.16. The van der Waals surface area contributed by atoms with Gasteiger partial charge < -0.3 is 5.11 Å². The maximum absolute atomic E-state index is 11.9. The fraction of sp³-hybridized carbons (Fsp3) is 0.762. The van der Waals surface area contributed by atoms with Crippen molar-refractivity contribution in [2.24, 2.45) is 28.6 Å². The van der Waals surface area contributed by atoms with Crippen molar-refractivity contribution in [2.75, 3.05) is 0 Å². The minimum atomic E-state index is -0.230. The maximum Gasteiger partial charge on any atom is 0.155 e. The maximum atomic E-state index is 11.9. The predicted molar refractivity (Wildman–Crippen MR) is 91.9 cm³/mol. The normalized spacial score (nSPS) is 51.0. The molecule has 23 heavy (non-hydrogen) atoms. The number of carbonyl (C=O) groups excluding carboxylic acids is 1. The molecule has 4 rings (SSSR count).